The molecule has 0 aromatic carbocycles. The summed E-state index contributed by atoms with van der Waals surface area (Å²) in [6, 6.07) is 0. The minimum absolute atomic E-state index is 0.787. The Kier molecular flexibility index (Phi) is 2.49. The molecule has 0 fully saturated rings. The zero-order valence-electron chi connectivity index (χ0n) is 6.93. The van der Waals surface area contributed by atoms with Crippen molar-refractivity contribution in [2.24, 2.45) is 0 Å². The molecule has 0 aliphatic heterocycles. The van der Waals surface area contributed by atoms with Gasteiger partial charge in [0, 0.05) is 10.7 Å². The average molecular weight is 275 g/mol. The molecule has 0 saturated carbocycles. The Morgan fingerprint density at radius 3 is 3.15 bits per heavy atom. The van der Waals surface area contributed by atoms with Gasteiger partial charge in [-0.15, -0.1) is 11.3 Å². The number of hydrogen-bond donors (Lipinski definition) is 1. The molecule has 0 radical (unpaired) electrons. The van der Waals surface area contributed by atoms with Crippen molar-refractivity contribution in [1.29, 1.82) is 0 Å². The lowest BCUT2D eigenvalue weighted by Gasteiger charge is -2.00. The Bertz CT molecular complexity index is 500. The molecule has 2 aromatic rings. The van der Waals surface area contributed by atoms with Crippen molar-refractivity contribution in [3.05, 3.63) is 20.2 Å². The molecule has 2 heterocycles. The zero-order chi connectivity index (χ0) is 9.42. The van der Waals surface area contributed by atoms with Crippen LogP contribution in [0.1, 0.15) is 12.5 Å². The molecule has 13 heavy (non-hydrogen) atoms. The highest BCUT2D eigenvalue weighted by Gasteiger charge is 2.07. The smallest absolute Gasteiger partial charge is 0.160 e. The maximum absolute atomic E-state index is 5.07. The first kappa shape index (κ1) is 9.30. The quantitative estimate of drug-likeness (QED) is 0.804. The predicted octanol–water partition coefficient (Wildman–Crippen LogP) is 3.68. The molecule has 0 aliphatic rings. The van der Waals surface area contributed by atoms with Gasteiger partial charge in [0.15, 0.2) is 3.95 Å². The van der Waals surface area contributed by atoms with Crippen molar-refractivity contribution >= 4 is 49.8 Å². The van der Waals surface area contributed by atoms with Crippen LogP contribution in [0.5, 0.6) is 0 Å². The van der Waals surface area contributed by atoms with Gasteiger partial charge >= 0.3 is 0 Å². The number of H-pyrrole nitrogens is 1. The zero-order valence-corrected chi connectivity index (χ0v) is 10.1. The van der Waals surface area contributed by atoms with Crippen LogP contribution in [0.3, 0.4) is 0 Å². The molecule has 0 unspecified atom stereocenters. The number of pyridine rings is 1. The second-order valence-electron chi connectivity index (χ2n) is 2.63. The van der Waals surface area contributed by atoms with Gasteiger partial charge in [0.2, 0.25) is 0 Å². The summed E-state index contributed by atoms with van der Waals surface area (Å²) in [6.45, 7) is 2.13. The van der Waals surface area contributed by atoms with E-state index in [1.165, 1.54) is 10.3 Å². The second-order valence-corrected chi connectivity index (χ2v) is 5.17. The number of aryl methyl sites for hydroxylation is 1. The van der Waals surface area contributed by atoms with Gasteiger partial charge in [-0.2, -0.15) is 0 Å². The molecule has 0 bridgehead atoms. The van der Waals surface area contributed by atoms with Crippen LogP contribution in [0.4, 0.5) is 0 Å². The number of nitrogens with zero attached hydrogens (tertiary/aromatic N) is 1. The fraction of sp³-hybridized carbons (Fsp3) is 0.250. The number of thiazole rings is 1. The van der Waals surface area contributed by atoms with Crippen molar-refractivity contribution < 1.29 is 0 Å². The van der Waals surface area contributed by atoms with Gasteiger partial charge in [0.05, 0.1) is 4.70 Å². The van der Waals surface area contributed by atoms with Crippen molar-refractivity contribution in [2.45, 2.75) is 13.3 Å². The molecule has 0 saturated heterocycles. The maximum Gasteiger partial charge on any atom is 0.160 e. The SMILES string of the molecule is CCc1c(Br)cnc2[nH]c(=S)sc12. The molecule has 1 N–H and O–H groups in total. The molecule has 0 atom stereocenters. The van der Waals surface area contributed by atoms with Gasteiger partial charge in [0.1, 0.15) is 5.65 Å². The minimum Gasteiger partial charge on any atom is -0.322 e. The largest absolute Gasteiger partial charge is 0.322 e. The Balaban J connectivity index is 2.90. The molecule has 0 spiro atoms. The summed E-state index contributed by atoms with van der Waals surface area (Å²) in [4.78, 5) is 7.31. The fourth-order valence-electron chi connectivity index (χ4n) is 1.25. The summed E-state index contributed by atoms with van der Waals surface area (Å²) in [5, 5.41) is 0. The lowest BCUT2D eigenvalue weighted by atomic mass is 10.2. The van der Waals surface area contributed by atoms with E-state index in [-0.39, 0.29) is 0 Å². The summed E-state index contributed by atoms with van der Waals surface area (Å²) >= 11 is 10.1. The van der Waals surface area contributed by atoms with Gasteiger partial charge in [-0.1, -0.05) is 6.92 Å². The van der Waals surface area contributed by atoms with E-state index in [0.29, 0.717) is 0 Å². The third kappa shape index (κ3) is 1.56. The van der Waals surface area contributed by atoms with Crippen molar-refractivity contribution in [1.82, 2.24) is 9.97 Å². The van der Waals surface area contributed by atoms with E-state index in [4.69, 9.17) is 12.2 Å². The van der Waals surface area contributed by atoms with E-state index < -0.39 is 0 Å². The standard InChI is InChI=1S/C8H7BrN2S2/c1-2-4-5(9)3-10-7-6(4)13-8(12)11-7/h3H,2H2,1H3,(H,10,11,12). The molecular formula is C8H7BrN2S2. The highest BCUT2D eigenvalue weighted by atomic mass is 79.9. The van der Waals surface area contributed by atoms with Crippen LogP contribution in [0.15, 0.2) is 10.7 Å². The third-order valence-electron chi connectivity index (χ3n) is 1.85. The van der Waals surface area contributed by atoms with Crippen molar-refractivity contribution in [3.63, 3.8) is 0 Å². The Labute approximate surface area is 93.1 Å². The van der Waals surface area contributed by atoms with E-state index in [9.17, 15) is 0 Å². The van der Waals surface area contributed by atoms with Crippen LogP contribution in [0, 0.1) is 3.95 Å². The van der Waals surface area contributed by atoms with Gasteiger partial charge in [-0.05, 0) is 40.1 Å². The first-order chi connectivity index (χ1) is 6.22. The maximum atomic E-state index is 5.07. The van der Waals surface area contributed by atoms with E-state index >= 15 is 0 Å². The summed E-state index contributed by atoms with van der Waals surface area (Å²) in [5.41, 5.74) is 2.18. The lowest BCUT2D eigenvalue weighted by Crippen LogP contribution is -1.85. The van der Waals surface area contributed by atoms with Crippen LogP contribution in [-0.4, -0.2) is 9.97 Å². The summed E-state index contributed by atoms with van der Waals surface area (Å²) < 4.78 is 3.02. The Hall–Kier alpha value is -0.260. The highest BCUT2D eigenvalue weighted by Crippen LogP contribution is 2.28. The Morgan fingerprint density at radius 2 is 2.46 bits per heavy atom. The van der Waals surface area contributed by atoms with Gasteiger partial charge in [-0.25, -0.2) is 4.98 Å². The number of nitrogens with one attached hydrogen (secondary N) is 1. The molecule has 0 amide bonds. The molecule has 2 nitrogen and oxygen atoms in total. The number of fused-ring (bicyclic) bond motifs is 1. The monoisotopic (exact) mass is 274 g/mol. The normalized spacial score (nSPS) is 10.9. The van der Waals surface area contributed by atoms with Crippen LogP contribution in [-0.2, 0) is 6.42 Å². The second kappa shape index (κ2) is 3.48. The molecule has 5 heteroatoms. The topological polar surface area (TPSA) is 28.7 Å². The summed E-state index contributed by atoms with van der Waals surface area (Å²) in [6.07, 6.45) is 2.81. The van der Waals surface area contributed by atoms with Crippen LogP contribution >= 0.6 is 39.5 Å². The summed E-state index contributed by atoms with van der Waals surface area (Å²) in [7, 11) is 0. The van der Waals surface area contributed by atoms with Crippen molar-refractivity contribution in [3.8, 4) is 0 Å². The van der Waals surface area contributed by atoms with Gasteiger partial charge in [0.25, 0.3) is 0 Å². The molecule has 68 valence electrons. The molecule has 2 aromatic heterocycles. The highest BCUT2D eigenvalue weighted by molar-refractivity contribution is 9.10. The van der Waals surface area contributed by atoms with E-state index in [1.807, 2.05) is 6.20 Å². The number of halogens is 1. The fourth-order valence-corrected chi connectivity index (χ4v) is 3.22. The first-order valence-corrected chi connectivity index (χ1v) is 5.90. The minimum atomic E-state index is 0.787. The van der Waals surface area contributed by atoms with E-state index in [0.717, 1.165) is 20.5 Å². The van der Waals surface area contributed by atoms with E-state index in [2.05, 4.69) is 32.8 Å². The number of rotatable bonds is 1. The van der Waals surface area contributed by atoms with Crippen LogP contribution in [0.2, 0.25) is 0 Å². The summed E-state index contributed by atoms with van der Waals surface area (Å²) in [5.74, 6) is 0. The Morgan fingerprint density at radius 1 is 1.69 bits per heavy atom. The van der Waals surface area contributed by atoms with Crippen LogP contribution in [0.25, 0.3) is 10.3 Å². The number of hydrogen-bond acceptors (Lipinski definition) is 3. The van der Waals surface area contributed by atoms with E-state index in [1.54, 1.807) is 11.3 Å². The number of aromatic nitrogens is 2. The first-order valence-electron chi connectivity index (χ1n) is 3.88. The lowest BCUT2D eigenvalue weighted by molar-refractivity contribution is 1.13. The molecule has 2 rings (SSSR count). The average Bonchev–Trinajstić information content (AvgIpc) is 2.45. The third-order valence-corrected chi connectivity index (χ3v) is 3.82. The van der Waals surface area contributed by atoms with Crippen LogP contribution < -0.4 is 0 Å². The number of aromatic amines is 1. The molecule has 0 aliphatic carbocycles. The van der Waals surface area contributed by atoms with Crippen molar-refractivity contribution in [2.75, 3.05) is 0 Å². The molecular weight excluding hydrogens is 268 g/mol. The van der Waals surface area contributed by atoms with Gasteiger partial charge in [-0.3, -0.25) is 0 Å². The predicted molar refractivity (Wildman–Crippen MR) is 61.9 cm³/mol. The van der Waals surface area contributed by atoms with Gasteiger partial charge < -0.3 is 4.98 Å².